The number of carbonyl (C=O) groups excluding carboxylic acids is 1. The molecule has 1 aromatic carbocycles. The number of rotatable bonds is 4. The van der Waals surface area contributed by atoms with E-state index >= 15 is 0 Å². The fourth-order valence-corrected chi connectivity index (χ4v) is 2.59. The molecule has 4 nitrogen and oxygen atoms in total. The van der Waals surface area contributed by atoms with Gasteiger partial charge in [0.25, 0.3) is 0 Å². The van der Waals surface area contributed by atoms with Gasteiger partial charge in [0.1, 0.15) is 5.56 Å². The summed E-state index contributed by atoms with van der Waals surface area (Å²) in [6.07, 6.45) is 3.67. The van der Waals surface area contributed by atoms with Gasteiger partial charge in [-0.2, -0.15) is 5.10 Å². The summed E-state index contributed by atoms with van der Waals surface area (Å²) in [4.78, 5) is 12.0. The van der Waals surface area contributed by atoms with Gasteiger partial charge in [0.2, 0.25) is 0 Å². The molecule has 3 rings (SSSR count). The van der Waals surface area contributed by atoms with Crippen molar-refractivity contribution < 1.29 is 9.53 Å². The number of nitrogens with zero attached hydrogens (tertiary/aromatic N) is 2. The SMILES string of the molecule is CCOC(=O)c1cnn(-c2ccc(Cl)c(Cl)c2)c1C1CC1. The van der Waals surface area contributed by atoms with E-state index in [0.717, 1.165) is 24.2 Å². The van der Waals surface area contributed by atoms with Crippen LogP contribution in [0.1, 0.15) is 41.7 Å². The van der Waals surface area contributed by atoms with E-state index in [2.05, 4.69) is 5.10 Å². The highest BCUT2D eigenvalue weighted by Crippen LogP contribution is 2.43. The van der Waals surface area contributed by atoms with Gasteiger partial charge in [-0.3, -0.25) is 0 Å². The van der Waals surface area contributed by atoms with Crippen LogP contribution in [0.2, 0.25) is 10.0 Å². The Bertz CT molecular complexity index is 693. The Morgan fingerprint density at radius 2 is 2.14 bits per heavy atom. The number of halogens is 2. The summed E-state index contributed by atoms with van der Waals surface area (Å²) in [7, 11) is 0. The molecule has 0 amide bonds. The molecule has 0 N–H and O–H groups in total. The van der Waals surface area contributed by atoms with E-state index in [0.29, 0.717) is 28.1 Å². The standard InChI is InChI=1S/C15H14Cl2N2O2/c1-2-21-15(20)11-8-18-19(14(11)9-3-4-9)10-5-6-12(16)13(17)7-10/h5-9H,2-4H2,1H3. The molecular formula is C15H14Cl2N2O2. The molecule has 21 heavy (non-hydrogen) atoms. The third kappa shape index (κ3) is 2.78. The average Bonchev–Trinajstić information content (AvgIpc) is 3.20. The molecule has 1 heterocycles. The van der Waals surface area contributed by atoms with E-state index in [-0.39, 0.29) is 5.97 Å². The minimum atomic E-state index is -0.328. The second-order valence-corrected chi connectivity index (χ2v) is 5.76. The average molecular weight is 325 g/mol. The fraction of sp³-hybridized carbons (Fsp3) is 0.333. The monoisotopic (exact) mass is 324 g/mol. The highest BCUT2D eigenvalue weighted by Gasteiger charge is 2.33. The molecule has 1 saturated carbocycles. The molecule has 0 unspecified atom stereocenters. The van der Waals surface area contributed by atoms with E-state index in [9.17, 15) is 4.79 Å². The van der Waals surface area contributed by atoms with Gasteiger partial charge in [-0.15, -0.1) is 0 Å². The maximum Gasteiger partial charge on any atom is 0.341 e. The van der Waals surface area contributed by atoms with Crippen molar-refractivity contribution in [3.05, 3.63) is 45.7 Å². The van der Waals surface area contributed by atoms with Crippen LogP contribution in [0.3, 0.4) is 0 Å². The molecule has 0 radical (unpaired) electrons. The fourth-order valence-electron chi connectivity index (χ4n) is 2.30. The first-order valence-electron chi connectivity index (χ1n) is 6.82. The van der Waals surface area contributed by atoms with Gasteiger partial charge in [-0.05, 0) is 38.0 Å². The van der Waals surface area contributed by atoms with Crippen LogP contribution in [0.15, 0.2) is 24.4 Å². The van der Waals surface area contributed by atoms with Crippen molar-refractivity contribution in [3.63, 3.8) is 0 Å². The lowest BCUT2D eigenvalue weighted by molar-refractivity contribution is 0.0525. The van der Waals surface area contributed by atoms with Crippen LogP contribution < -0.4 is 0 Å². The van der Waals surface area contributed by atoms with Crippen LogP contribution in [0.4, 0.5) is 0 Å². The van der Waals surface area contributed by atoms with E-state index in [1.54, 1.807) is 29.9 Å². The third-order valence-corrected chi connectivity index (χ3v) is 4.15. The topological polar surface area (TPSA) is 44.1 Å². The zero-order valence-corrected chi connectivity index (χ0v) is 13.0. The Labute approximate surface area is 132 Å². The Balaban J connectivity index is 2.06. The molecule has 0 saturated heterocycles. The lowest BCUT2D eigenvalue weighted by Gasteiger charge is -2.09. The van der Waals surface area contributed by atoms with Crippen molar-refractivity contribution in [1.29, 1.82) is 0 Å². The molecule has 1 aromatic heterocycles. The summed E-state index contributed by atoms with van der Waals surface area (Å²) < 4.78 is 6.86. The van der Waals surface area contributed by atoms with Crippen molar-refractivity contribution in [1.82, 2.24) is 9.78 Å². The van der Waals surface area contributed by atoms with E-state index in [1.165, 1.54) is 0 Å². The molecule has 2 aromatic rings. The van der Waals surface area contributed by atoms with E-state index in [4.69, 9.17) is 27.9 Å². The van der Waals surface area contributed by atoms with Crippen LogP contribution >= 0.6 is 23.2 Å². The summed E-state index contributed by atoms with van der Waals surface area (Å²) in [5.41, 5.74) is 2.22. The maximum atomic E-state index is 12.0. The number of carbonyl (C=O) groups is 1. The molecule has 1 aliphatic rings. The maximum absolute atomic E-state index is 12.0. The van der Waals surface area contributed by atoms with Crippen molar-refractivity contribution in [3.8, 4) is 5.69 Å². The lowest BCUT2D eigenvalue weighted by Crippen LogP contribution is -2.09. The first-order chi connectivity index (χ1) is 10.1. The molecule has 6 heteroatoms. The number of aromatic nitrogens is 2. The first kappa shape index (κ1) is 14.4. The summed E-state index contributed by atoms with van der Waals surface area (Å²) in [5, 5.41) is 5.29. The predicted molar refractivity (Wildman–Crippen MR) is 81.5 cm³/mol. The van der Waals surface area contributed by atoms with Gasteiger partial charge in [-0.1, -0.05) is 23.2 Å². The Hall–Kier alpha value is -1.52. The molecule has 110 valence electrons. The van der Waals surface area contributed by atoms with Crippen molar-refractivity contribution >= 4 is 29.2 Å². The summed E-state index contributed by atoms with van der Waals surface area (Å²) in [6, 6.07) is 5.31. The molecule has 1 aliphatic carbocycles. The van der Waals surface area contributed by atoms with Crippen molar-refractivity contribution in [2.45, 2.75) is 25.7 Å². The number of hydrogen-bond donors (Lipinski definition) is 0. The molecule has 0 atom stereocenters. The Kier molecular flexibility index (Phi) is 3.91. The van der Waals surface area contributed by atoms with Crippen LogP contribution in [0.5, 0.6) is 0 Å². The number of benzene rings is 1. The van der Waals surface area contributed by atoms with Gasteiger partial charge >= 0.3 is 5.97 Å². The Morgan fingerprint density at radius 3 is 2.76 bits per heavy atom. The quantitative estimate of drug-likeness (QED) is 0.790. The zero-order valence-electron chi connectivity index (χ0n) is 11.5. The number of ether oxygens (including phenoxy) is 1. The van der Waals surface area contributed by atoms with Gasteiger partial charge < -0.3 is 4.74 Å². The second-order valence-electron chi connectivity index (χ2n) is 4.95. The van der Waals surface area contributed by atoms with Crippen molar-refractivity contribution in [2.75, 3.05) is 6.61 Å². The third-order valence-electron chi connectivity index (χ3n) is 3.41. The van der Waals surface area contributed by atoms with Gasteiger partial charge in [0.05, 0.1) is 34.2 Å². The summed E-state index contributed by atoms with van der Waals surface area (Å²) >= 11 is 12.0. The van der Waals surface area contributed by atoms with Crippen molar-refractivity contribution in [2.24, 2.45) is 0 Å². The van der Waals surface area contributed by atoms with Crippen LogP contribution in [0, 0.1) is 0 Å². The summed E-state index contributed by atoms with van der Waals surface area (Å²) in [6.45, 7) is 2.14. The molecular weight excluding hydrogens is 311 g/mol. The number of esters is 1. The van der Waals surface area contributed by atoms with Crippen LogP contribution in [-0.2, 0) is 4.74 Å². The predicted octanol–water partition coefficient (Wildman–Crippen LogP) is 4.23. The summed E-state index contributed by atoms with van der Waals surface area (Å²) in [5.74, 6) is 0.0204. The minimum absolute atomic E-state index is 0.328. The second kappa shape index (κ2) is 5.70. The number of hydrogen-bond acceptors (Lipinski definition) is 3. The highest BCUT2D eigenvalue weighted by molar-refractivity contribution is 6.42. The normalized spacial score (nSPS) is 14.2. The van der Waals surface area contributed by atoms with E-state index in [1.807, 2.05) is 6.07 Å². The molecule has 1 fully saturated rings. The minimum Gasteiger partial charge on any atom is -0.462 e. The van der Waals surface area contributed by atoms with E-state index < -0.39 is 0 Å². The molecule has 0 bridgehead atoms. The van der Waals surface area contributed by atoms with Crippen LogP contribution in [0.25, 0.3) is 5.69 Å². The Morgan fingerprint density at radius 1 is 1.38 bits per heavy atom. The van der Waals surface area contributed by atoms with Crippen LogP contribution in [-0.4, -0.2) is 22.4 Å². The first-order valence-corrected chi connectivity index (χ1v) is 7.58. The molecule has 0 aliphatic heterocycles. The van der Waals surface area contributed by atoms with Gasteiger partial charge in [0, 0.05) is 5.92 Å². The van der Waals surface area contributed by atoms with Gasteiger partial charge in [0.15, 0.2) is 0 Å². The smallest absolute Gasteiger partial charge is 0.341 e. The molecule has 0 spiro atoms. The van der Waals surface area contributed by atoms with Gasteiger partial charge in [-0.25, -0.2) is 9.48 Å². The lowest BCUT2D eigenvalue weighted by atomic mass is 10.1. The highest BCUT2D eigenvalue weighted by atomic mass is 35.5. The zero-order chi connectivity index (χ0) is 15.0. The largest absolute Gasteiger partial charge is 0.462 e.